The molecular weight excluding hydrogens is 403 g/mol. The average Bonchev–Trinajstić information content (AvgIpc) is 3.05. The first kappa shape index (κ1) is 20.0. The number of nitrogens with zero attached hydrogens (tertiary/aromatic N) is 2. The van der Waals surface area contributed by atoms with E-state index in [1.807, 2.05) is 0 Å². The SMILES string of the molecule is O=C1C(=O)N(c2ccccc2)C(c2ccccc2[N+](=O)[O-])/C1=C(\O)c1ccc(F)cc1. The van der Waals surface area contributed by atoms with Gasteiger partial charge in [0.1, 0.15) is 17.6 Å². The number of para-hydroxylation sites is 2. The van der Waals surface area contributed by atoms with E-state index < -0.39 is 34.2 Å². The number of anilines is 1. The molecule has 1 unspecified atom stereocenters. The Morgan fingerprint density at radius 3 is 2.19 bits per heavy atom. The van der Waals surface area contributed by atoms with Gasteiger partial charge in [-0.05, 0) is 42.5 Å². The van der Waals surface area contributed by atoms with Crippen molar-refractivity contribution in [3.63, 3.8) is 0 Å². The number of aliphatic hydroxyl groups is 1. The maximum atomic E-state index is 13.3. The maximum absolute atomic E-state index is 13.3. The molecule has 0 aromatic heterocycles. The number of ketones is 1. The van der Waals surface area contributed by atoms with Gasteiger partial charge in [-0.25, -0.2) is 4.39 Å². The Balaban J connectivity index is 2.01. The number of hydrogen-bond acceptors (Lipinski definition) is 5. The van der Waals surface area contributed by atoms with Crippen LogP contribution >= 0.6 is 0 Å². The smallest absolute Gasteiger partial charge is 0.300 e. The maximum Gasteiger partial charge on any atom is 0.300 e. The Morgan fingerprint density at radius 1 is 0.935 bits per heavy atom. The zero-order chi connectivity index (χ0) is 22.1. The quantitative estimate of drug-likeness (QED) is 0.223. The minimum atomic E-state index is -1.24. The molecule has 0 radical (unpaired) electrons. The summed E-state index contributed by atoms with van der Waals surface area (Å²) in [5.74, 6) is -3.01. The Kier molecular flexibility index (Phi) is 5.04. The lowest BCUT2D eigenvalue weighted by atomic mass is 9.94. The third-order valence-corrected chi connectivity index (χ3v) is 5.02. The lowest BCUT2D eigenvalue weighted by Crippen LogP contribution is -2.29. The molecule has 1 N–H and O–H groups in total. The average molecular weight is 418 g/mol. The molecular formula is C23H15FN2O5. The summed E-state index contributed by atoms with van der Waals surface area (Å²) in [6, 6.07) is 17.4. The molecule has 1 aliphatic heterocycles. The van der Waals surface area contributed by atoms with Crippen LogP contribution in [0.25, 0.3) is 5.76 Å². The van der Waals surface area contributed by atoms with Gasteiger partial charge in [0, 0.05) is 17.3 Å². The fourth-order valence-corrected chi connectivity index (χ4v) is 3.63. The van der Waals surface area contributed by atoms with Crippen molar-refractivity contribution in [3.8, 4) is 0 Å². The van der Waals surface area contributed by atoms with E-state index in [4.69, 9.17) is 0 Å². The molecule has 1 fully saturated rings. The van der Waals surface area contributed by atoms with E-state index in [1.54, 1.807) is 36.4 Å². The Morgan fingerprint density at radius 2 is 1.55 bits per heavy atom. The van der Waals surface area contributed by atoms with Crippen LogP contribution in [0.2, 0.25) is 0 Å². The van der Waals surface area contributed by atoms with Crippen molar-refractivity contribution >= 4 is 28.8 Å². The van der Waals surface area contributed by atoms with Gasteiger partial charge in [-0.15, -0.1) is 0 Å². The summed E-state index contributed by atoms with van der Waals surface area (Å²) < 4.78 is 13.3. The second-order valence-corrected chi connectivity index (χ2v) is 6.83. The Bertz CT molecular complexity index is 1220. The molecule has 3 aromatic rings. The van der Waals surface area contributed by atoms with Gasteiger partial charge < -0.3 is 5.11 Å². The molecule has 31 heavy (non-hydrogen) atoms. The lowest BCUT2D eigenvalue weighted by molar-refractivity contribution is -0.385. The van der Waals surface area contributed by atoms with Gasteiger partial charge in [0.25, 0.3) is 17.4 Å². The van der Waals surface area contributed by atoms with E-state index in [0.29, 0.717) is 5.69 Å². The van der Waals surface area contributed by atoms with Crippen LogP contribution in [-0.2, 0) is 9.59 Å². The van der Waals surface area contributed by atoms with Gasteiger partial charge in [0.2, 0.25) is 0 Å². The van der Waals surface area contributed by atoms with Crippen LogP contribution in [0.1, 0.15) is 17.2 Å². The number of carbonyl (C=O) groups excluding carboxylic acids is 2. The molecule has 8 heteroatoms. The fraction of sp³-hybridized carbons (Fsp3) is 0.0435. The number of Topliss-reactive ketones (excluding diaryl/α,β-unsaturated/α-hetero) is 1. The molecule has 1 saturated heterocycles. The zero-order valence-electron chi connectivity index (χ0n) is 15.9. The number of nitro benzene ring substituents is 1. The molecule has 3 aromatic carbocycles. The summed E-state index contributed by atoms with van der Waals surface area (Å²) in [7, 11) is 0. The highest BCUT2D eigenvalue weighted by molar-refractivity contribution is 6.51. The molecule has 4 rings (SSSR count). The first-order chi connectivity index (χ1) is 14.9. The van der Waals surface area contributed by atoms with E-state index in [9.17, 15) is 29.2 Å². The summed E-state index contributed by atoms with van der Waals surface area (Å²) in [6.07, 6.45) is 0. The van der Waals surface area contributed by atoms with Crippen LogP contribution in [-0.4, -0.2) is 21.7 Å². The minimum absolute atomic E-state index is 0.0687. The predicted octanol–water partition coefficient (Wildman–Crippen LogP) is 4.36. The van der Waals surface area contributed by atoms with Crippen LogP contribution in [0.5, 0.6) is 0 Å². The van der Waals surface area contributed by atoms with Crippen molar-refractivity contribution in [3.05, 3.63) is 111 Å². The fourth-order valence-electron chi connectivity index (χ4n) is 3.63. The first-order valence-corrected chi connectivity index (χ1v) is 9.25. The van der Waals surface area contributed by atoms with Gasteiger partial charge in [0.15, 0.2) is 0 Å². The van der Waals surface area contributed by atoms with Crippen LogP contribution in [0.3, 0.4) is 0 Å². The second-order valence-electron chi connectivity index (χ2n) is 6.83. The molecule has 0 aliphatic carbocycles. The first-order valence-electron chi connectivity index (χ1n) is 9.25. The number of rotatable bonds is 4. The van der Waals surface area contributed by atoms with Gasteiger partial charge in [-0.3, -0.25) is 24.6 Å². The van der Waals surface area contributed by atoms with E-state index >= 15 is 0 Å². The van der Waals surface area contributed by atoms with E-state index in [0.717, 1.165) is 17.0 Å². The third kappa shape index (κ3) is 3.44. The summed E-state index contributed by atoms with van der Waals surface area (Å²) >= 11 is 0. The standard InChI is InChI=1S/C23H15FN2O5/c24-15-12-10-14(11-13-15)21(27)19-20(17-8-4-5-9-18(17)26(30)31)25(23(29)22(19)28)16-6-2-1-3-7-16/h1-13,20,27H/b21-19+. The van der Waals surface area contributed by atoms with Crippen molar-refractivity contribution in [2.45, 2.75) is 6.04 Å². The van der Waals surface area contributed by atoms with Crippen LogP contribution in [0.15, 0.2) is 84.4 Å². The number of amides is 1. The molecule has 0 spiro atoms. The van der Waals surface area contributed by atoms with Crippen molar-refractivity contribution in [1.82, 2.24) is 0 Å². The number of aliphatic hydroxyl groups excluding tert-OH is 1. The Labute approximate surface area is 175 Å². The Hall–Kier alpha value is -4.33. The number of hydrogen-bond donors (Lipinski definition) is 1. The summed E-state index contributed by atoms with van der Waals surface area (Å²) in [5, 5.41) is 22.6. The number of benzene rings is 3. The predicted molar refractivity (Wildman–Crippen MR) is 111 cm³/mol. The van der Waals surface area contributed by atoms with Crippen molar-refractivity contribution < 1.29 is 24.0 Å². The van der Waals surface area contributed by atoms with Crippen molar-refractivity contribution in [1.29, 1.82) is 0 Å². The van der Waals surface area contributed by atoms with Crippen molar-refractivity contribution in [2.24, 2.45) is 0 Å². The second kappa shape index (κ2) is 7.83. The van der Waals surface area contributed by atoms with Gasteiger partial charge >= 0.3 is 0 Å². The monoisotopic (exact) mass is 418 g/mol. The minimum Gasteiger partial charge on any atom is -0.507 e. The highest BCUT2D eigenvalue weighted by Crippen LogP contribution is 2.44. The molecule has 1 atom stereocenters. The van der Waals surface area contributed by atoms with Crippen LogP contribution in [0, 0.1) is 15.9 Å². The van der Waals surface area contributed by atoms with E-state index in [1.165, 1.54) is 30.3 Å². The van der Waals surface area contributed by atoms with E-state index in [-0.39, 0.29) is 22.4 Å². The summed E-state index contributed by atoms with van der Waals surface area (Å²) in [5.41, 5.74) is -0.101. The van der Waals surface area contributed by atoms with Crippen molar-refractivity contribution in [2.75, 3.05) is 4.90 Å². The molecule has 1 amide bonds. The summed E-state index contributed by atoms with van der Waals surface area (Å²) in [4.78, 5) is 38.1. The zero-order valence-corrected chi connectivity index (χ0v) is 15.9. The molecule has 0 bridgehead atoms. The molecule has 1 aliphatic rings. The highest BCUT2D eigenvalue weighted by atomic mass is 19.1. The molecule has 0 saturated carbocycles. The molecule has 154 valence electrons. The van der Waals surface area contributed by atoms with Gasteiger partial charge in [-0.1, -0.05) is 30.3 Å². The molecule has 7 nitrogen and oxygen atoms in total. The number of halogens is 1. The topological polar surface area (TPSA) is 101 Å². The van der Waals surface area contributed by atoms with Gasteiger partial charge in [0.05, 0.1) is 16.1 Å². The molecule has 1 heterocycles. The number of nitro groups is 1. The third-order valence-electron chi connectivity index (χ3n) is 5.02. The lowest BCUT2D eigenvalue weighted by Gasteiger charge is -2.25. The van der Waals surface area contributed by atoms with Crippen LogP contribution < -0.4 is 4.90 Å². The van der Waals surface area contributed by atoms with E-state index in [2.05, 4.69) is 0 Å². The normalized spacial score (nSPS) is 17.7. The largest absolute Gasteiger partial charge is 0.507 e. The van der Waals surface area contributed by atoms with Gasteiger partial charge in [-0.2, -0.15) is 0 Å². The number of carbonyl (C=O) groups is 2. The highest BCUT2D eigenvalue weighted by Gasteiger charge is 2.48. The summed E-state index contributed by atoms with van der Waals surface area (Å²) in [6.45, 7) is 0. The van der Waals surface area contributed by atoms with Crippen LogP contribution in [0.4, 0.5) is 15.8 Å².